The minimum absolute atomic E-state index is 0.0472. The summed E-state index contributed by atoms with van der Waals surface area (Å²) in [5.41, 5.74) is 8.75. The van der Waals surface area contributed by atoms with Crippen LogP contribution in [0.3, 0.4) is 0 Å². The van der Waals surface area contributed by atoms with E-state index in [1.807, 2.05) is 78.2 Å². The highest BCUT2D eigenvalue weighted by Crippen LogP contribution is 2.48. The maximum atomic E-state index is 14.1. The maximum Gasteiger partial charge on any atom is 0.275 e. The smallest absolute Gasteiger partial charge is 0.275 e. The lowest BCUT2D eigenvalue weighted by molar-refractivity contribution is -0.117. The van der Waals surface area contributed by atoms with E-state index in [-0.39, 0.29) is 5.91 Å². The minimum Gasteiger partial charge on any atom is -0.385 e. The van der Waals surface area contributed by atoms with E-state index in [9.17, 15) is 9.59 Å². The van der Waals surface area contributed by atoms with E-state index in [0.29, 0.717) is 23.9 Å². The van der Waals surface area contributed by atoms with E-state index >= 15 is 0 Å². The normalized spacial score (nSPS) is 13.1. The first-order valence-electron chi connectivity index (χ1n) is 11.8. The van der Waals surface area contributed by atoms with Crippen LogP contribution in [0.15, 0.2) is 105 Å². The Bertz CT molecular complexity index is 1410. The van der Waals surface area contributed by atoms with Gasteiger partial charge in [0.15, 0.2) is 5.16 Å². The highest BCUT2D eigenvalue weighted by molar-refractivity contribution is 8.00. The molecule has 0 unspecified atom stereocenters. The molecule has 0 saturated carbocycles. The molecule has 182 valence electrons. The fourth-order valence-corrected chi connectivity index (χ4v) is 6.38. The summed E-state index contributed by atoms with van der Waals surface area (Å²) in [5.74, 6) is 0.301. The van der Waals surface area contributed by atoms with Crippen molar-refractivity contribution in [2.24, 2.45) is 0 Å². The second kappa shape index (κ2) is 10.6. The summed E-state index contributed by atoms with van der Waals surface area (Å²) in [5, 5.41) is 0.00923. The molecule has 8 heteroatoms. The van der Waals surface area contributed by atoms with Gasteiger partial charge in [-0.25, -0.2) is 0 Å². The summed E-state index contributed by atoms with van der Waals surface area (Å²) in [6, 6.07) is 27.3. The maximum absolute atomic E-state index is 14.1. The van der Waals surface area contributed by atoms with Crippen LogP contribution in [0.4, 0.5) is 17.2 Å². The second-order valence-electron chi connectivity index (χ2n) is 8.41. The van der Waals surface area contributed by atoms with Crippen molar-refractivity contribution in [2.45, 2.75) is 46.5 Å². The number of nitrogens with zero attached hydrogens (tertiary/aromatic N) is 3. The Balaban J connectivity index is 1.47. The molecule has 3 aromatic carbocycles. The molecule has 1 atom stereocenters. The third kappa shape index (κ3) is 4.92. The molecular formula is C28H26N4O2S2. The number of nitrogen functional groups attached to an aromatic ring is 1. The fourth-order valence-electron chi connectivity index (χ4n) is 4.22. The Morgan fingerprint density at radius 1 is 0.972 bits per heavy atom. The number of thioether (sulfide) groups is 1. The van der Waals surface area contributed by atoms with Crippen LogP contribution in [0.5, 0.6) is 0 Å². The standard InChI is InChI=1S/C28H26N4O2S2/c1-2-22(27(34)32-20-12-6-8-14-23(20)35-24-15-9-7-13-21(24)32)36-28-30-26(33)18-25(29)31(28)17-16-19-10-4-3-5-11-19/h3-15,18,22H,2,16-17,29H2,1H3/t22-/m1/s1. The van der Waals surface area contributed by atoms with Crippen LogP contribution < -0.4 is 16.2 Å². The fraction of sp³-hybridized carbons (Fsp3) is 0.179. The van der Waals surface area contributed by atoms with Crippen LogP contribution >= 0.6 is 23.5 Å². The van der Waals surface area contributed by atoms with E-state index in [1.54, 1.807) is 16.7 Å². The Kier molecular flexibility index (Phi) is 7.16. The lowest BCUT2D eigenvalue weighted by Gasteiger charge is -2.33. The molecule has 1 aromatic heterocycles. The number of aryl methyl sites for hydroxylation is 1. The van der Waals surface area contributed by atoms with E-state index < -0.39 is 10.8 Å². The number of anilines is 3. The zero-order valence-corrected chi connectivity index (χ0v) is 21.5. The van der Waals surface area contributed by atoms with E-state index in [0.717, 1.165) is 33.2 Å². The highest BCUT2D eigenvalue weighted by atomic mass is 32.2. The van der Waals surface area contributed by atoms with Crippen molar-refractivity contribution in [3.8, 4) is 0 Å². The second-order valence-corrected chi connectivity index (χ2v) is 10.7. The average Bonchev–Trinajstić information content (AvgIpc) is 2.90. The summed E-state index contributed by atoms with van der Waals surface area (Å²) in [7, 11) is 0. The molecule has 0 spiro atoms. The molecule has 0 fully saturated rings. The molecule has 0 bridgehead atoms. The summed E-state index contributed by atoms with van der Waals surface area (Å²) < 4.78 is 1.84. The Morgan fingerprint density at radius 3 is 2.22 bits per heavy atom. The van der Waals surface area contributed by atoms with Crippen LogP contribution in [-0.4, -0.2) is 20.7 Å². The first kappa shape index (κ1) is 24.2. The van der Waals surface area contributed by atoms with Crippen LogP contribution in [0.25, 0.3) is 0 Å². The number of carbonyl (C=O) groups is 1. The van der Waals surface area contributed by atoms with Gasteiger partial charge in [0.05, 0.1) is 16.6 Å². The molecular weight excluding hydrogens is 488 g/mol. The number of para-hydroxylation sites is 2. The van der Waals surface area contributed by atoms with Crippen molar-refractivity contribution >= 4 is 46.6 Å². The van der Waals surface area contributed by atoms with Gasteiger partial charge in [-0.05, 0) is 42.7 Å². The molecule has 1 aliphatic heterocycles. The van der Waals surface area contributed by atoms with Gasteiger partial charge in [-0.15, -0.1) is 0 Å². The Hall–Kier alpha value is -3.49. The number of fused-ring (bicyclic) bond motifs is 2. The SMILES string of the molecule is CC[C@@H](Sc1nc(=O)cc(N)n1CCc1ccccc1)C(=O)N1c2ccccc2Sc2ccccc21. The van der Waals surface area contributed by atoms with Crippen molar-refractivity contribution in [3.05, 3.63) is 101 Å². The molecule has 6 nitrogen and oxygen atoms in total. The number of hydrogen-bond donors (Lipinski definition) is 1. The Morgan fingerprint density at radius 2 is 1.58 bits per heavy atom. The van der Waals surface area contributed by atoms with Crippen molar-refractivity contribution in [1.82, 2.24) is 9.55 Å². The van der Waals surface area contributed by atoms with Crippen LogP contribution in [0.2, 0.25) is 0 Å². The van der Waals surface area contributed by atoms with E-state index in [4.69, 9.17) is 5.73 Å². The molecule has 2 heterocycles. The van der Waals surface area contributed by atoms with Gasteiger partial charge in [0, 0.05) is 22.4 Å². The van der Waals surface area contributed by atoms with Crippen LogP contribution in [0.1, 0.15) is 18.9 Å². The van der Waals surface area contributed by atoms with E-state index in [2.05, 4.69) is 17.1 Å². The molecule has 0 saturated heterocycles. The van der Waals surface area contributed by atoms with Crippen molar-refractivity contribution in [1.29, 1.82) is 0 Å². The molecule has 0 aliphatic carbocycles. The average molecular weight is 515 g/mol. The van der Waals surface area contributed by atoms with Gasteiger partial charge in [0.2, 0.25) is 5.91 Å². The van der Waals surface area contributed by atoms with Gasteiger partial charge in [-0.3, -0.25) is 14.5 Å². The number of amides is 1. The first-order chi connectivity index (χ1) is 17.5. The summed E-state index contributed by atoms with van der Waals surface area (Å²) in [6.07, 6.45) is 1.30. The van der Waals surface area contributed by atoms with Gasteiger partial charge in [0.1, 0.15) is 5.82 Å². The molecule has 5 rings (SSSR count). The van der Waals surface area contributed by atoms with Gasteiger partial charge in [0.25, 0.3) is 5.56 Å². The van der Waals surface area contributed by atoms with Gasteiger partial charge in [-0.2, -0.15) is 4.98 Å². The number of aromatic nitrogens is 2. The number of hydrogen-bond acceptors (Lipinski definition) is 6. The zero-order chi connectivity index (χ0) is 25.1. The topological polar surface area (TPSA) is 81.2 Å². The summed E-state index contributed by atoms with van der Waals surface area (Å²) in [4.78, 5) is 34.5. The summed E-state index contributed by atoms with van der Waals surface area (Å²) in [6.45, 7) is 2.53. The number of benzene rings is 3. The van der Waals surface area contributed by atoms with Gasteiger partial charge in [-0.1, -0.05) is 85.0 Å². The van der Waals surface area contributed by atoms with Crippen molar-refractivity contribution < 1.29 is 4.79 Å². The molecule has 4 aromatic rings. The van der Waals surface area contributed by atoms with Crippen LogP contribution in [0, 0.1) is 0 Å². The van der Waals surface area contributed by atoms with Gasteiger partial charge >= 0.3 is 0 Å². The quantitative estimate of drug-likeness (QED) is 0.249. The molecule has 2 N–H and O–H groups in total. The summed E-state index contributed by atoms with van der Waals surface area (Å²) >= 11 is 2.97. The number of carbonyl (C=O) groups excluding carboxylic acids is 1. The molecule has 36 heavy (non-hydrogen) atoms. The van der Waals surface area contributed by atoms with Gasteiger partial charge < -0.3 is 10.3 Å². The lowest BCUT2D eigenvalue weighted by Crippen LogP contribution is -2.36. The van der Waals surface area contributed by atoms with Crippen molar-refractivity contribution in [3.63, 3.8) is 0 Å². The zero-order valence-electron chi connectivity index (χ0n) is 19.8. The van der Waals surface area contributed by atoms with Crippen molar-refractivity contribution in [2.75, 3.05) is 10.6 Å². The predicted octanol–water partition coefficient (Wildman–Crippen LogP) is 5.77. The third-order valence-corrected chi connectivity index (χ3v) is 8.51. The predicted molar refractivity (Wildman–Crippen MR) is 147 cm³/mol. The third-order valence-electron chi connectivity index (χ3n) is 6.03. The molecule has 0 radical (unpaired) electrons. The monoisotopic (exact) mass is 514 g/mol. The lowest BCUT2D eigenvalue weighted by atomic mass is 10.1. The minimum atomic E-state index is -0.453. The van der Waals surface area contributed by atoms with E-state index in [1.165, 1.54) is 17.8 Å². The number of nitrogens with two attached hydrogens (primary N) is 1. The molecule has 1 amide bonds. The highest BCUT2D eigenvalue weighted by Gasteiger charge is 2.33. The van der Waals surface area contributed by atoms with Crippen LogP contribution in [-0.2, 0) is 17.8 Å². The largest absolute Gasteiger partial charge is 0.385 e. The Labute approximate surface area is 218 Å². The molecule has 1 aliphatic rings. The first-order valence-corrected chi connectivity index (χ1v) is 13.5. The number of rotatable bonds is 7.